The van der Waals surface area contributed by atoms with Crippen molar-refractivity contribution in [3.63, 3.8) is 0 Å². The standard InChI is InChI=1S/C14H27NO3/c1-5-18-13(16)12-7-6-9-15(11-12)10-8-14(2,3)17-4/h12H,5-11H2,1-4H3/t12-/m0/s1. The highest BCUT2D eigenvalue weighted by molar-refractivity contribution is 5.72. The molecule has 4 nitrogen and oxygen atoms in total. The van der Waals surface area contributed by atoms with Gasteiger partial charge in [-0.3, -0.25) is 4.79 Å². The van der Waals surface area contributed by atoms with Crippen molar-refractivity contribution in [2.45, 2.75) is 45.6 Å². The number of nitrogens with zero attached hydrogens (tertiary/aromatic N) is 1. The third-order valence-corrected chi connectivity index (χ3v) is 3.71. The first-order valence-corrected chi connectivity index (χ1v) is 6.92. The second-order valence-corrected chi connectivity index (χ2v) is 5.61. The van der Waals surface area contributed by atoms with Crippen LogP contribution in [0.25, 0.3) is 0 Å². The van der Waals surface area contributed by atoms with Crippen molar-refractivity contribution in [1.82, 2.24) is 4.90 Å². The zero-order valence-corrected chi connectivity index (χ0v) is 12.2. The Balaban J connectivity index is 2.37. The van der Waals surface area contributed by atoms with Crippen molar-refractivity contribution < 1.29 is 14.3 Å². The maximum Gasteiger partial charge on any atom is 0.310 e. The zero-order chi connectivity index (χ0) is 13.6. The van der Waals surface area contributed by atoms with E-state index in [4.69, 9.17) is 9.47 Å². The molecule has 106 valence electrons. The van der Waals surface area contributed by atoms with Crippen LogP contribution < -0.4 is 0 Å². The lowest BCUT2D eigenvalue weighted by atomic mass is 9.97. The van der Waals surface area contributed by atoms with Crippen molar-refractivity contribution in [2.75, 3.05) is 33.4 Å². The third kappa shape index (κ3) is 4.94. The minimum atomic E-state index is -0.0864. The van der Waals surface area contributed by atoms with E-state index in [2.05, 4.69) is 18.7 Å². The van der Waals surface area contributed by atoms with Crippen LogP contribution in [0.1, 0.15) is 40.0 Å². The Hall–Kier alpha value is -0.610. The van der Waals surface area contributed by atoms with Crippen LogP contribution in [0.5, 0.6) is 0 Å². The molecular formula is C14H27NO3. The molecule has 1 atom stereocenters. The summed E-state index contributed by atoms with van der Waals surface area (Å²) in [6.07, 6.45) is 3.03. The van der Waals surface area contributed by atoms with E-state index in [1.807, 2.05) is 6.92 Å². The molecule has 1 saturated heterocycles. The highest BCUT2D eigenvalue weighted by Crippen LogP contribution is 2.20. The van der Waals surface area contributed by atoms with Gasteiger partial charge in [-0.05, 0) is 46.6 Å². The Morgan fingerprint density at radius 3 is 2.78 bits per heavy atom. The van der Waals surface area contributed by atoms with E-state index >= 15 is 0 Å². The lowest BCUT2D eigenvalue weighted by Crippen LogP contribution is -2.41. The van der Waals surface area contributed by atoms with Crippen LogP contribution in [-0.2, 0) is 14.3 Å². The first-order chi connectivity index (χ1) is 8.48. The van der Waals surface area contributed by atoms with Gasteiger partial charge < -0.3 is 14.4 Å². The van der Waals surface area contributed by atoms with Gasteiger partial charge in [0.15, 0.2) is 0 Å². The minimum Gasteiger partial charge on any atom is -0.466 e. The molecule has 0 N–H and O–H groups in total. The molecule has 0 radical (unpaired) electrons. The lowest BCUT2D eigenvalue weighted by Gasteiger charge is -2.33. The molecule has 1 aliphatic heterocycles. The molecule has 0 aliphatic carbocycles. The van der Waals surface area contributed by atoms with Gasteiger partial charge in [-0.25, -0.2) is 0 Å². The normalized spacial score (nSPS) is 21.9. The van der Waals surface area contributed by atoms with Crippen LogP contribution in [0.3, 0.4) is 0 Å². The summed E-state index contributed by atoms with van der Waals surface area (Å²) in [6, 6.07) is 0. The van der Waals surface area contributed by atoms with Gasteiger partial charge in [-0.2, -0.15) is 0 Å². The minimum absolute atomic E-state index is 0.0341. The quantitative estimate of drug-likeness (QED) is 0.683. The molecule has 0 spiro atoms. The highest BCUT2D eigenvalue weighted by atomic mass is 16.5. The van der Waals surface area contributed by atoms with E-state index in [9.17, 15) is 4.79 Å². The first kappa shape index (κ1) is 15.4. The topological polar surface area (TPSA) is 38.8 Å². The molecule has 1 fully saturated rings. The molecule has 0 aromatic heterocycles. The lowest BCUT2D eigenvalue weighted by molar-refractivity contribution is -0.150. The van der Waals surface area contributed by atoms with Gasteiger partial charge in [0.1, 0.15) is 0 Å². The Labute approximate surface area is 111 Å². The number of ether oxygens (including phenoxy) is 2. The predicted molar refractivity (Wildman–Crippen MR) is 71.5 cm³/mol. The van der Waals surface area contributed by atoms with E-state index in [0.29, 0.717) is 6.61 Å². The average molecular weight is 257 g/mol. The second-order valence-electron chi connectivity index (χ2n) is 5.61. The van der Waals surface area contributed by atoms with E-state index in [1.165, 1.54) is 0 Å². The first-order valence-electron chi connectivity index (χ1n) is 6.92. The van der Waals surface area contributed by atoms with Gasteiger partial charge in [-0.15, -0.1) is 0 Å². The van der Waals surface area contributed by atoms with Crippen LogP contribution >= 0.6 is 0 Å². The van der Waals surface area contributed by atoms with Gasteiger partial charge in [0.2, 0.25) is 0 Å². The van der Waals surface area contributed by atoms with E-state index in [1.54, 1.807) is 7.11 Å². The molecule has 0 saturated carbocycles. The molecular weight excluding hydrogens is 230 g/mol. The fraction of sp³-hybridized carbons (Fsp3) is 0.929. The van der Waals surface area contributed by atoms with Crippen LogP contribution in [0.4, 0.5) is 0 Å². The van der Waals surface area contributed by atoms with Gasteiger partial charge in [0.05, 0.1) is 18.1 Å². The largest absolute Gasteiger partial charge is 0.466 e. The Bertz CT molecular complexity index is 266. The summed E-state index contributed by atoms with van der Waals surface area (Å²) < 4.78 is 10.5. The predicted octanol–water partition coefficient (Wildman–Crippen LogP) is 2.08. The summed E-state index contributed by atoms with van der Waals surface area (Å²) in [5.41, 5.74) is -0.0864. The van der Waals surface area contributed by atoms with E-state index in [-0.39, 0.29) is 17.5 Å². The maximum absolute atomic E-state index is 11.7. The average Bonchev–Trinajstić information content (AvgIpc) is 2.37. The van der Waals surface area contributed by atoms with Crippen molar-refractivity contribution in [1.29, 1.82) is 0 Å². The maximum atomic E-state index is 11.7. The SMILES string of the molecule is CCOC(=O)[C@H]1CCCN(CCC(C)(C)OC)C1. The molecule has 0 amide bonds. The molecule has 1 aliphatic rings. The Morgan fingerprint density at radius 1 is 1.44 bits per heavy atom. The summed E-state index contributed by atoms with van der Waals surface area (Å²) in [5, 5.41) is 0. The number of carbonyl (C=O) groups is 1. The van der Waals surface area contributed by atoms with Crippen molar-refractivity contribution in [3.8, 4) is 0 Å². The Morgan fingerprint density at radius 2 is 2.17 bits per heavy atom. The molecule has 0 bridgehead atoms. The molecule has 4 heteroatoms. The van der Waals surface area contributed by atoms with Gasteiger partial charge in [0.25, 0.3) is 0 Å². The summed E-state index contributed by atoms with van der Waals surface area (Å²) in [4.78, 5) is 14.1. The van der Waals surface area contributed by atoms with Crippen molar-refractivity contribution in [3.05, 3.63) is 0 Å². The molecule has 18 heavy (non-hydrogen) atoms. The number of piperidine rings is 1. The summed E-state index contributed by atoms with van der Waals surface area (Å²) >= 11 is 0. The van der Waals surface area contributed by atoms with Crippen LogP contribution in [0.2, 0.25) is 0 Å². The molecule has 0 aromatic carbocycles. The third-order valence-electron chi connectivity index (χ3n) is 3.71. The van der Waals surface area contributed by atoms with Crippen LogP contribution in [0.15, 0.2) is 0 Å². The van der Waals surface area contributed by atoms with E-state index < -0.39 is 0 Å². The number of carbonyl (C=O) groups excluding carboxylic acids is 1. The smallest absolute Gasteiger partial charge is 0.310 e. The number of methoxy groups -OCH3 is 1. The monoisotopic (exact) mass is 257 g/mol. The van der Waals surface area contributed by atoms with Crippen molar-refractivity contribution in [2.24, 2.45) is 5.92 Å². The fourth-order valence-corrected chi connectivity index (χ4v) is 2.24. The molecule has 0 unspecified atom stereocenters. The van der Waals surface area contributed by atoms with Crippen molar-refractivity contribution >= 4 is 5.97 Å². The van der Waals surface area contributed by atoms with Crippen LogP contribution in [0, 0.1) is 5.92 Å². The number of rotatable bonds is 6. The van der Waals surface area contributed by atoms with Crippen LogP contribution in [-0.4, -0.2) is 49.8 Å². The Kier molecular flexibility index (Phi) is 6.09. The zero-order valence-electron chi connectivity index (χ0n) is 12.2. The van der Waals surface area contributed by atoms with Gasteiger partial charge in [0, 0.05) is 20.2 Å². The van der Waals surface area contributed by atoms with Gasteiger partial charge >= 0.3 is 5.97 Å². The summed E-state index contributed by atoms with van der Waals surface area (Å²) in [7, 11) is 1.75. The molecule has 1 heterocycles. The van der Waals surface area contributed by atoms with Gasteiger partial charge in [-0.1, -0.05) is 0 Å². The summed E-state index contributed by atoms with van der Waals surface area (Å²) in [6.45, 7) is 9.43. The number of likely N-dealkylation sites (tertiary alicyclic amines) is 1. The molecule has 1 rings (SSSR count). The summed E-state index contributed by atoms with van der Waals surface area (Å²) in [5.74, 6) is 0.0255. The van der Waals surface area contributed by atoms with E-state index in [0.717, 1.165) is 38.9 Å². The number of hydrogen-bond acceptors (Lipinski definition) is 4. The molecule has 0 aromatic rings. The second kappa shape index (κ2) is 7.10. The number of hydrogen-bond donors (Lipinski definition) is 0. The highest BCUT2D eigenvalue weighted by Gasteiger charge is 2.27. The number of esters is 1. The fourth-order valence-electron chi connectivity index (χ4n) is 2.24.